The molecule has 2 atom stereocenters. The third-order valence-electron chi connectivity index (χ3n) is 3.21. The molecule has 0 radical (unpaired) electrons. The number of para-hydroxylation sites is 1. The van der Waals surface area contributed by atoms with Crippen LogP contribution in [-0.2, 0) is 0 Å². The minimum Gasteiger partial charge on any atom is -0.493 e. The molecule has 1 N–H and O–H groups in total. The Morgan fingerprint density at radius 2 is 2.27 bits per heavy atom. The van der Waals surface area contributed by atoms with E-state index in [2.05, 4.69) is 30.4 Å². The summed E-state index contributed by atoms with van der Waals surface area (Å²) in [7, 11) is 2.02. The lowest BCUT2D eigenvalue weighted by atomic mass is 9.88. The van der Waals surface area contributed by atoms with Crippen molar-refractivity contribution in [3.8, 4) is 5.75 Å². The Hall–Kier alpha value is -1.02. The molecule has 0 aliphatic carbocycles. The highest BCUT2D eigenvalue weighted by Crippen LogP contribution is 2.35. The van der Waals surface area contributed by atoms with Crippen molar-refractivity contribution in [3.05, 3.63) is 29.8 Å². The largest absolute Gasteiger partial charge is 0.493 e. The summed E-state index contributed by atoms with van der Waals surface area (Å²) in [6.45, 7) is 3.09. The van der Waals surface area contributed by atoms with Crippen LogP contribution in [0.2, 0.25) is 0 Å². The maximum Gasteiger partial charge on any atom is 0.122 e. The van der Waals surface area contributed by atoms with Crippen molar-refractivity contribution in [2.45, 2.75) is 31.7 Å². The van der Waals surface area contributed by atoms with Gasteiger partial charge in [-0.05, 0) is 44.4 Å². The van der Waals surface area contributed by atoms with Crippen LogP contribution in [-0.4, -0.2) is 19.7 Å². The van der Waals surface area contributed by atoms with Gasteiger partial charge in [0.1, 0.15) is 5.75 Å². The molecule has 1 aromatic rings. The maximum absolute atomic E-state index is 5.65. The molecule has 1 heterocycles. The van der Waals surface area contributed by atoms with Crippen LogP contribution in [0.3, 0.4) is 0 Å². The van der Waals surface area contributed by atoms with Gasteiger partial charge in [0.25, 0.3) is 0 Å². The molecule has 0 saturated carbocycles. The highest BCUT2D eigenvalue weighted by molar-refractivity contribution is 5.37. The molecule has 2 unspecified atom stereocenters. The topological polar surface area (TPSA) is 21.3 Å². The van der Waals surface area contributed by atoms with Crippen LogP contribution >= 0.6 is 0 Å². The lowest BCUT2D eigenvalue weighted by molar-refractivity contribution is 0.257. The fourth-order valence-electron chi connectivity index (χ4n) is 2.21. The molecule has 2 rings (SSSR count). The van der Waals surface area contributed by atoms with E-state index >= 15 is 0 Å². The van der Waals surface area contributed by atoms with Crippen LogP contribution in [0.15, 0.2) is 24.3 Å². The third kappa shape index (κ3) is 2.32. The summed E-state index contributed by atoms with van der Waals surface area (Å²) in [6, 6.07) is 8.99. The van der Waals surface area contributed by atoms with E-state index in [1.807, 2.05) is 13.1 Å². The molecular weight excluding hydrogens is 186 g/mol. The van der Waals surface area contributed by atoms with Crippen molar-refractivity contribution in [1.82, 2.24) is 5.32 Å². The Kier molecular flexibility index (Phi) is 3.27. The first-order valence-electron chi connectivity index (χ1n) is 5.70. The molecule has 82 valence electrons. The Morgan fingerprint density at radius 3 is 3.07 bits per heavy atom. The molecule has 15 heavy (non-hydrogen) atoms. The summed E-state index contributed by atoms with van der Waals surface area (Å²) < 4.78 is 5.65. The first-order valence-corrected chi connectivity index (χ1v) is 5.70. The second kappa shape index (κ2) is 4.67. The normalized spacial score (nSPS) is 21.6. The summed E-state index contributed by atoms with van der Waals surface area (Å²) in [5, 5.41) is 3.30. The van der Waals surface area contributed by atoms with Crippen LogP contribution < -0.4 is 10.1 Å². The van der Waals surface area contributed by atoms with E-state index in [1.165, 1.54) is 12.0 Å². The summed E-state index contributed by atoms with van der Waals surface area (Å²) in [4.78, 5) is 0. The second-order valence-corrected chi connectivity index (χ2v) is 4.30. The molecule has 1 aromatic carbocycles. The zero-order valence-electron chi connectivity index (χ0n) is 9.49. The zero-order chi connectivity index (χ0) is 10.7. The molecule has 1 aliphatic heterocycles. The van der Waals surface area contributed by atoms with Gasteiger partial charge in [-0.2, -0.15) is 0 Å². The minimum absolute atomic E-state index is 0.571. The second-order valence-electron chi connectivity index (χ2n) is 4.30. The van der Waals surface area contributed by atoms with E-state index in [-0.39, 0.29) is 0 Å². The Morgan fingerprint density at radius 1 is 1.47 bits per heavy atom. The first kappa shape index (κ1) is 10.5. The molecule has 0 saturated heterocycles. The highest BCUT2D eigenvalue weighted by Gasteiger charge is 2.22. The van der Waals surface area contributed by atoms with Gasteiger partial charge in [0.05, 0.1) is 6.61 Å². The molecule has 2 heteroatoms. The van der Waals surface area contributed by atoms with E-state index < -0.39 is 0 Å². The lowest BCUT2D eigenvalue weighted by Gasteiger charge is -2.27. The summed E-state index contributed by atoms with van der Waals surface area (Å²) in [5.74, 6) is 1.73. The molecular formula is C13H19NO. The monoisotopic (exact) mass is 205 g/mol. The molecule has 0 aromatic heterocycles. The average molecular weight is 205 g/mol. The van der Waals surface area contributed by atoms with Gasteiger partial charge in [-0.15, -0.1) is 0 Å². The number of benzene rings is 1. The molecule has 0 bridgehead atoms. The van der Waals surface area contributed by atoms with Crippen molar-refractivity contribution in [3.63, 3.8) is 0 Å². The minimum atomic E-state index is 0.571. The van der Waals surface area contributed by atoms with Gasteiger partial charge in [0, 0.05) is 6.04 Å². The highest BCUT2D eigenvalue weighted by atomic mass is 16.5. The lowest BCUT2D eigenvalue weighted by Crippen LogP contribution is -2.26. The average Bonchev–Trinajstić information content (AvgIpc) is 2.29. The van der Waals surface area contributed by atoms with Crippen LogP contribution in [0.25, 0.3) is 0 Å². The zero-order valence-corrected chi connectivity index (χ0v) is 9.49. The van der Waals surface area contributed by atoms with Crippen LogP contribution in [0.1, 0.15) is 31.2 Å². The number of fused-ring (bicyclic) bond motifs is 1. The van der Waals surface area contributed by atoms with Crippen LogP contribution in [0, 0.1) is 0 Å². The summed E-state index contributed by atoms with van der Waals surface area (Å²) >= 11 is 0. The Balaban J connectivity index is 2.15. The van der Waals surface area contributed by atoms with E-state index in [1.54, 1.807) is 0 Å². The van der Waals surface area contributed by atoms with E-state index in [0.717, 1.165) is 18.8 Å². The quantitative estimate of drug-likeness (QED) is 0.818. The van der Waals surface area contributed by atoms with Crippen molar-refractivity contribution in [1.29, 1.82) is 0 Å². The van der Waals surface area contributed by atoms with Crippen molar-refractivity contribution in [2.24, 2.45) is 0 Å². The number of nitrogens with one attached hydrogen (secondary N) is 1. The third-order valence-corrected chi connectivity index (χ3v) is 3.21. The predicted octanol–water partition coefficient (Wildman–Crippen LogP) is 2.55. The van der Waals surface area contributed by atoms with Gasteiger partial charge in [-0.3, -0.25) is 0 Å². The van der Waals surface area contributed by atoms with Crippen LogP contribution in [0.5, 0.6) is 5.75 Å². The number of ether oxygens (including phenoxy) is 1. The van der Waals surface area contributed by atoms with E-state index in [9.17, 15) is 0 Å². The standard InChI is InChI=1S/C13H19NO/c1-10(14-2)9-11-7-8-15-13-6-4-3-5-12(11)13/h3-6,10-11,14H,7-9H2,1-2H3. The summed E-state index contributed by atoms with van der Waals surface area (Å²) in [5.41, 5.74) is 1.38. The molecule has 0 amide bonds. The number of hydrogen-bond acceptors (Lipinski definition) is 2. The van der Waals surface area contributed by atoms with Gasteiger partial charge in [-0.25, -0.2) is 0 Å². The molecule has 2 nitrogen and oxygen atoms in total. The smallest absolute Gasteiger partial charge is 0.122 e. The van der Waals surface area contributed by atoms with Crippen molar-refractivity contribution < 1.29 is 4.74 Å². The summed E-state index contributed by atoms with van der Waals surface area (Å²) in [6.07, 6.45) is 2.33. The number of rotatable bonds is 3. The molecule has 1 aliphatic rings. The Labute approximate surface area is 91.6 Å². The SMILES string of the molecule is CNC(C)CC1CCOc2ccccc21. The maximum atomic E-state index is 5.65. The van der Waals surface area contributed by atoms with Gasteiger partial charge in [-0.1, -0.05) is 18.2 Å². The van der Waals surface area contributed by atoms with E-state index in [4.69, 9.17) is 4.74 Å². The van der Waals surface area contributed by atoms with Crippen LogP contribution in [0.4, 0.5) is 0 Å². The predicted molar refractivity (Wildman–Crippen MR) is 62.4 cm³/mol. The van der Waals surface area contributed by atoms with Crippen molar-refractivity contribution >= 4 is 0 Å². The molecule has 0 fully saturated rings. The number of hydrogen-bond donors (Lipinski definition) is 1. The molecule has 0 spiro atoms. The fraction of sp³-hybridized carbons (Fsp3) is 0.538. The van der Waals surface area contributed by atoms with Crippen molar-refractivity contribution in [2.75, 3.05) is 13.7 Å². The Bertz CT molecular complexity index is 324. The van der Waals surface area contributed by atoms with Gasteiger partial charge in [0.2, 0.25) is 0 Å². The fourth-order valence-corrected chi connectivity index (χ4v) is 2.21. The van der Waals surface area contributed by atoms with E-state index in [0.29, 0.717) is 12.0 Å². The first-order chi connectivity index (χ1) is 7.31. The van der Waals surface area contributed by atoms with Gasteiger partial charge >= 0.3 is 0 Å². The van der Waals surface area contributed by atoms with Gasteiger partial charge < -0.3 is 10.1 Å². The van der Waals surface area contributed by atoms with Gasteiger partial charge in [0.15, 0.2) is 0 Å².